The lowest BCUT2D eigenvalue weighted by Crippen LogP contribution is -2.40. The Labute approximate surface area is 144 Å². The zero-order valence-electron chi connectivity index (χ0n) is 14.1. The number of amides is 2. The molecule has 4 N–H and O–H groups in total. The molecule has 2 unspecified atom stereocenters. The van der Waals surface area contributed by atoms with E-state index in [9.17, 15) is 9.59 Å². The van der Waals surface area contributed by atoms with Gasteiger partial charge in [0.1, 0.15) is 0 Å². The molecule has 0 saturated carbocycles. The molecule has 0 spiro atoms. The topological polar surface area (TPSA) is 84.2 Å². The van der Waals surface area contributed by atoms with Gasteiger partial charge in [0.05, 0.1) is 6.04 Å². The molecule has 0 bridgehead atoms. The maximum absolute atomic E-state index is 11.9. The van der Waals surface area contributed by atoms with E-state index >= 15 is 0 Å². The average Bonchev–Trinajstić information content (AvgIpc) is 2.52. The molecule has 0 heterocycles. The molecule has 1 aromatic rings. The fourth-order valence-electron chi connectivity index (χ4n) is 1.97. The molecule has 2 amide bonds. The molecule has 0 aromatic heterocycles. The summed E-state index contributed by atoms with van der Waals surface area (Å²) in [5.41, 5.74) is 7.44. The van der Waals surface area contributed by atoms with Crippen LogP contribution >= 0.6 is 12.4 Å². The highest BCUT2D eigenvalue weighted by atomic mass is 35.5. The predicted molar refractivity (Wildman–Crippen MR) is 96.5 cm³/mol. The lowest BCUT2D eigenvalue weighted by atomic mass is 10.1. The van der Waals surface area contributed by atoms with Crippen molar-refractivity contribution >= 4 is 29.9 Å². The summed E-state index contributed by atoms with van der Waals surface area (Å²) in [6.07, 6.45) is 2.36. The van der Waals surface area contributed by atoms with Crippen LogP contribution in [0.4, 0.5) is 5.69 Å². The highest BCUT2D eigenvalue weighted by molar-refractivity contribution is 5.92. The summed E-state index contributed by atoms with van der Waals surface area (Å²) in [6, 6.07) is 7.02. The number of nitrogens with two attached hydrogens (primary N) is 1. The number of carbonyl (C=O) groups excluding carboxylic acids is 2. The lowest BCUT2D eigenvalue weighted by Gasteiger charge is -2.13. The summed E-state index contributed by atoms with van der Waals surface area (Å²) in [7, 11) is 0. The van der Waals surface area contributed by atoms with E-state index in [0.29, 0.717) is 13.0 Å². The second-order valence-corrected chi connectivity index (χ2v) is 5.61. The Bertz CT molecular complexity index is 508. The number of halogens is 1. The molecule has 5 nitrogen and oxygen atoms in total. The average molecular weight is 342 g/mol. The largest absolute Gasteiger partial charge is 0.351 e. The maximum atomic E-state index is 11.9. The van der Waals surface area contributed by atoms with E-state index in [0.717, 1.165) is 24.1 Å². The number of anilines is 1. The Balaban J connectivity index is 0.00000484. The van der Waals surface area contributed by atoms with Gasteiger partial charge in [0, 0.05) is 18.2 Å². The van der Waals surface area contributed by atoms with Crippen LogP contribution in [0.5, 0.6) is 0 Å². The predicted octanol–water partition coefficient (Wildman–Crippen LogP) is 2.84. The molecule has 2 atom stereocenters. The number of hydrogen-bond acceptors (Lipinski definition) is 3. The van der Waals surface area contributed by atoms with Gasteiger partial charge in [-0.1, -0.05) is 39.3 Å². The number of carbonyl (C=O) groups is 2. The van der Waals surface area contributed by atoms with Crippen molar-refractivity contribution in [3.8, 4) is 0 Å². The fourth-order valence-corrected chi connectivity index (χ4v) is 1.97. The van der Waals surface area contributed by atoms with Gasteiger partial charge in [-0.15, -0.1) is 12.4 Å². The van der Waals surface area contributed by atoms with Crippen molar-refractivity contribution < 1.29 is 9.59 Å². The van der Waals surface area contributed by atoms with Crippen LogP contribution in [0.1, 0.15) is 45.6 Å². The molecule has 0 radical (unpaired) electrons. The van der Waals surface area contributed by atoms with E-state index in [1.807, 2.05) is 45.0 Å². The summed E-state index contributed by atoms with van der Waals surface area (Å²) in [5, 5.41) is 5.71. The molecular formula is C17H28ClN3O2. The van der Waals surface area contributed by atoms with Gasteiger partial charge >= 0.3 is 0 Å². The van der Waals surface area contributed by atoms with Gasteiger partial charge in [0.2, 0.25) is 11.8 Å². The fraction of sp³-hybridized carbons (Fsp3) is 0.529. The van der Waals surface area contributed by atoms with Crippen molar-refractivity contribution in [1.29, 1.82) is 0 Å². The zero-order valence-corrected chi connectivity index (χ0v) is 14.9. The molecule has 6 heteroatoms. The van der Waals surface area contributed by atoms with Crippen molar-refractivity contribution in [3.05, 3.63) is 29.8 Å². The summed E-state index contributed by atoms with van der Waals surface area (Å²) in [4.78, 5) is 23.7. The van der Waals surface area contributed by atoms with E-state index in [4.69, 9.17) is 5.73 Å². The molecule has 1 rings (SSSR count). The van der Waals surface area contributed by atoms with Crippen LogP contribution in [0.15, 0.2) is 24.3 Å². The molecule has 0 aliphatic carbocycles. The summed E-state index contributed by atoms with van der Waals surface area (Å²) >= 11 is 0. The van der Waals surface area contributed by atoms with E-state index in [1.165, 1.54) is 0 Å². The van der Waals surface area contributed by atoms with Crippen LogP contribution in [0.25, 0.3) is 0 Å². The third kappa shape index (κ3) is 7.48. The van der Waals surface area contributed by atoms with Gasteiger partial charge in [-0.25, -0.2) is 0 Å². The first-order valence-corrected chi connectivity index (χ1v) is 7.91. The Kier molecular flexibility index (Phi) is 10.3. The highest BCUT2D eigenvalue weighted by Gasteiger charge is 2.12. The Morgan fingerprint density at radius 3 is 2.52 bits per heavy atom. The number of benzene rings is 1. The SMILES string of the molecule is CCCC(N)C(=O)NCc1cccc(NC(=O)C(C)CC)c1.Cl. The van der Waals surface area contributed by atoms with E-state index in [1.54, 1.807) is 0 Å². The number of rotatable bonds is 8. The van der Waals surface area contributed by atoms with Crippen LogP contribution < -0.4 is 16.4 Å². The monoisotopic (exact) mass is 341 g/mol. The second-order valence-electron chi connectivity index (χ2n) is 5.61. The smallest absolute Gasteiger partial charge is 0.237 e. The third-order valence-electron chi connectivity index (χ3n) is 3.66. The molecule has 130 valence electrons. The molecule has 0 saturated heterocycles. The standard InChI is InChI=1S/C17H27N3O2.ClH/c1-4-7-15(18)17(22)19-11-13-8-6-9-14(10-13)20-16(21)12(3)5-2;/h6,8-10,12,15H,4-5,7,11,18H2,1-3H3,(H,19,22)(H,20,21);1H. The van der Waals surface area contributed by atoms with Crippen LogP contribution in [0.2, 0.25) is 0 Å². The van der Waals surface area contributed by atoms with Crippen molar-refractivity contribution in [2.24, 2.45) is 11.7 Å². The minimum atomic E-state index is -0.460. The van der Waals surface area contributed by atoms with Crippen molar-refractivity contribution in [2.75, 3.05) is 5.32 Å². The summed E-state index contributed by atoms with van der Waals surface area (Å²) in [6.45, 7) is 6.28. The lowest BCUT2D eigenvalue weighted by molar-refractivity contribution is -0.122. The van der Waals surface area contributed by atoms with Crippen molar-refractivity contribution in [1.82, 2.24) is 5.32 Å². The number of hydrogen-bond donors (Lipinski definition) is 3. The van der Waals surface area contributed by atoms with Crippen LogP contribution in [-0.2, 0) is 16.1 Å². The van der Waals surface area contributed by atoms with Gasteiger partial charge in [-0.3, -0.25) is 9.59 Å². The Morgan fingerprint density at radius 1 is 1.22 bits per heavy atom. The van der Waals surface area contributed by atoms with Crippen LogP contribution in [0, 0.1) is 5.92 Å². The van der Waals surface area contributed by atoms with Gasteiger partial charge in [-0.05, 0) is 30.5 Å². The minimum Gasteiger partial charge on any atom is -0.351 e. The minimum absolute atomic E-state index is 0. The maximum Gasteiger partial charge on any atom is 0.237 e. The number of nitrogens with one attached hydrogen (secondary N) is 2. The summed E-state index contributed by atoms with van der Waals surface area (Å²) in [5.74, 6) is -0.153. The zero-order chi connectivity index (χ0) is 16.5. The normalized spacial score (nSPS) is 12.7. The first kappa shape index (κ1) is 21.4. The Hall–Kier alpha value is -1.59. The van der Waals surface area contributed by atoms with E-state index < -0.39 is 6.04 Å². The van der Waals surface area contributed by atoms with Crippen LogP contribution in [0.3, 0.4) is 0 Å². The molecular weight excluding hydrogens is 314 g/mol. The molecule has 0 aliphatic rings. The van der Waals surface area contributed by atoms with Gasteiger partial charge in [0.25, 0.3) is 0 Å². The molecule has 0 fully saturated rings. The summed E-state index contributed by atoms with van der Waals surface area (Å²) < 4.78 is 0. The van der Waals surface area contributed by atoms with Gasteiger partial charge in [-0.2, -0.15) is 0 Å². The quantitative estimate of drug-likeness (QED) is 0.679. The van der Waals surface area contributed by atoms with E-state index in [-0.39, 0.29) is 30.1 Å². The molecule has 1 aromatic carbocycles. The first-order valence-electron chi connectivity index (χ1n) is 7.91. The molecule has 0 aliphatic heterocycles. The van der Waals surface area contributed by atoms with Gasteiger partial charge < -0.3 is 16.4 Å². The third-order valence-corrected chi connectivity index (χ3v) is 3.66. The first-order chi connectivity index (χ1) is 10.5. The van der Waals surface area contributed by atoms with Crippen LogP contribution in [-0.4, -0.2) is 17.9 Å². The second kappa shape index (κ2) is 11.0. The van der Waals surface area contributed by atoms with E-state index in [2.05, 4.69) is 10.6 Å². The Morgan fingerprint density at radius 2 is 1.91 bits per heavy atom. The molecule has 23 heavy (non-hydrogen) atoms. The highest BCUT2D eigenvalue weighted by Crippen LogP contribution is 2.13. The van der Waals surface area contributed by atoms with Gasteiger partial charge in [0.15, 0.2) is 0 Å². The van der Waals surface area contributed by atoms with Crippen molar-refractivity contribution in [2.45, 2.75) is 52.6 Å². The van der Waals surface area contributed by atoms with Crippen molar-refractivity contribution in [3.63, 3.8) is 0 Å².